The molecule has 3 heteroatoms. The first kappa shape index (κ1) is 7.80. The number of nitriles is 1. The van der Waals surface area contributed by atoms with Crippen LogP contribution in [-0.4, -0.2) is 17.4 Å². The Kier molecular flexibility index (Phi) is 2.27. The van der Waals surface area contributed by atoms with E-state index in [2.05, 4.69) is 6.58 Å². The van der Waals surface area contributed by atoms with Crippen LogP contribution in [0.1, 0.15) is 12.8 Å². The van der Waals surface area contributed by atoms with E-state index < -0.39 is 0 Å². The molecule has 0 aliphatic carbocycles. The van der Waals surface area contributed by atoms with E-state index in [1.807, 2.05) is 6.07 Å². The highest BCUT2D eigenvalue weighted by Crippen LogP contribution is 2.20. The van der Waals surface area contributed by atoms with Crippen molar-refractivity contribution >= 4 is 5.91 Å². The van der Waals surface area contributed by atoms with Gasteiger partial charge in [0.15, 0.2) is 0 Å². The van der Waals surface area contributed by atoms with Crippen molar-refractivity contribution in [2.45, 2.75) is 12.8 Å². The Balaban J connectivity index is 2.57. The molecular weight excluding hydrogens is 140 g/mol. The summed E-state index contributed by atoms with van der Waals surface area (Å²) in [6.07, 6.45) is 2.65. The molecule has 1 rings (SSSR count). The molecule has 0 N–H and O–H groups in total. The van der Waals surface area contributed by atoms with Crippen LogP contribution in [0.2, 0.25) is 0 Å². The van der Waals surface area contributed by atoms with E-state index in [4.69, 9.17) is 5.26 Å². The largest absolute Gasteiger partial charge is 0.319 e. The van der Waals surface area contributed by atoms with Crippen LogP contribution in [0, 0.1) is 17.2 Å². The molecule has 0 aromatic rings. The maximum Gasteiger partial charge on any atom is 0.230 e. The van der Waals surface area contributed by atoms with Gasteiger partial charge in [-0.15, -0.1) is 0 Å². The van der Waals surface area contributed by atoms with Crippen LogP contribution in [0.25, 0.3) is 0 Å². The lowest BCUT2D eigenvalue weighted by atomic mass is 10.1. The molecule has 1 atom stereocenters. The molecule has 0 aromatic heterocycles. The van der Waals surface area contributed by atoms with Crippen molar-refractivity contribution in [1.29, 1.82) is 5.26 Å². The standard InChI is InChI=1S/C8H10N2O/c1-2-10-6-4-7(3-5-9)8(10)11/h2,7H,1,3-4,6H2. The summed E-state index contributed by atoms with van der Waals surface area (Å²) in [5.41, 5.74) is 0. The second kappa shape index (κ2) is 3.20. The molecule has 1 aliphatic heterocycles. The molecule has 1 fully saturated rings. The van der Waals surface area contributed by atoms with Crippen LogP contribution in [0.15, 0.2) is 12.8 Å². The lowest BCUT2D eigenvalue weighted by Gasteiger charge is -2.07. The fourth-order valence-corrected chi connectivity index (χ4v) is 1.24. The van der Waals surface area contributed by atoms with Crippen molar-refractivity contribution in [2.24, 2.45) is 5.92 Å². The summed E-state index contributed by atoms with van der Waals surface area (Å²) >= 11 is 0. The fourth-order valence-electron chi connectivity index (χ4n) is 1.24. The normalized spacial score (nSPS) is 23.4. The third-order valence-corrected chi connectivity index (χ3v) is 1.91. The summed E-state index contributed by atoms with van der Waals surface area (Å²) in [5.74, 6) is -0.0421. The Morgan fingerprint density at radius 3 is 3.09 bits per heavy atom. The minimum atomic E-state index is -0.0852. The maximum atomic E-state index is 11.2. The van der Waals surface area contributed by atoms with Crippen LogP contribution in [-0.2, 0) is 4.79 Å². The van der Waals surface area contributed by atoms with Gasteiger partial charge >= 0.3 is 0 Å². The van der Waals surface area contributed by atoms with Crippen LogP contribution in [0.5, 0.6) is 0 Å². The predicted octanol–water partition coefficient (Wildman–Crippen LogP) is 0.892. The molecule has 1 heterocycles. The van der Waals surface area contributed by atoms with Gasteiger partial charge in [-0.3, -0.25) is 4.79 Å². The molecule has 58 valence electrons. The number of hydrogen-bond donors (Lipinski definition) is 0. The number of carbonyl (C=O) groups is 1. The molecule has 0 radical (unpaired) electrons. The van der Waals surface area contributed by atoms with E-state index in [1.165, 1.54) is 6.20 Å². The smallest absolute Gasteiger partial charge is 0.230 e. The fraction of sp³-hybridized carbons (Fsp3) is 0.500. The quantitative estimate of drug-likeness (QED) is 0.586. The first-order valence-electron chi connectivity index (χ1n) is 3.59. The third-order valence-electron chi connectivity index (χ3n) is 1.91. The minimum Gasteiger partial charge on any atom is -0.319 e. The minimum absolute atomic E-state index is 0.0431. The van der Waals surface area contributed by atoms with Crippen LogP contribution < -0.4 is 0 Å². The molecule has 1 unspecified atom stereocenters. The molecular formula is C8H10N2O. The molecule has 0 aromatic carbocycles. The van der Waals surface area contributed by atoms with E-state index in [9.17, 15) is 4.79 Å². The predicted molar refractivity (Wildman–Crippen MR) is 40.2 cm³/mol. The van der Waals surface area contributed by atoms with Crippen molar-refractivity contribution in [3.8, 4) is 6.07 Å². The monoisotopic (exact) mass is 150 g/mol. The van der Waals surface area contributed by atoms with E-state index in [-0.39, 0.29) is 11.8 Å². The topological polar surface area (TPSA) is 44.1 Å². The highest BCUT2D eigenvalue weighted by atomic mass is 16.2. The second-order valence-corrected chi connectivity index (χ2v) is 2.56. The number of nitrogens with zero attached hydrogens (tertiary/aromatic N) is 2. The Bertz CT molecular complexity index is 217. The second-order valence-electron chi connectivity index (χ2n) is 2.56. The van der Waals surface area contributed by atoms with Crippen molar-refractivity contribution < 1.29 is 4.79 Å². The van der Waals surface area contributed by atoms with Gasteiger partial charge in [0.05, 0.1) is 12.0 Å². The van der Waals surface area contributed by atoms with Crippen LogP contribution in [0.4, 0.5) is 0 Å². The average molecular weight is 150 g/mol. The number of carbonyl (C=O) groups excluding carboxylic acids is 1. The first-order chi connectivity index (χ1) is 5.29. The van der Waals surface area contributed by atoms with Crippen molar-refractivity contribution in [2.75, 3.05) is 6.54 Å². The maximum absolute atomic E-state index is 11.2. The number of amides is 1. The first-order valence-corrected chi connectivity index (χ1v) is 3.59. The summed E-state index contributed by atoms with van der Waals surface area (Å²) in [6, 6.07) is 2.00. The summed E-state index contributed by atoms with van der Waals surface area (Å²) < 4.78 is 0. The Hall–Kier alpha value is -1.30. The number of likely N-dealkylation sites (tertiary alicyclic amines) is 1. The van der Waals surface area contributed by atoms with Crippen molar-refractivity contribution in [3.05, 3.63) is 12.8 Å². The zero-order valence-corrected chi connectivity index (χ0v) is 6.29. The van der Waals surface area contributed by atoms with Gasteiger partial charge in [-0.1, -0.05) is 6.58 Å². The van der Waals surface area contributed by atoms with Gasteiger partial charge in [-0.2, -0.15) is 5.26 Å². The van der Waals surface area contributed by atoms with E-state index in [0.717, 1.165) is 6.42 Å². The van der Waals surface area contributed by atoms with E-state index in [1.54, 1.807) is 4.90 Å². The average Bonchev–Trinajstić information content (AvgIpc) is 2.34. The van der Waals surface area contributed by atoms with Gasteiger partial charge in [0, 0.05) is 13.0 Å². The highest BCUT2D eigenvalue weighted by Gasteiger charge is 2.29. The Morgan fingerprint density at radius 2 is 2.64 bits per heavy atom. The van der Waals surface area contributed by atoms with Gasteiger partial charge in [0.1, 0.15) is 0 Å². The molecule has 0 saturated carbocycles. The molecule has 3 nitrogen and oxygen atoms in total. The number of rotatable bonds is 2. The number of hydrogen-bond acceptors (Lipinski definition) is 2. The molecule has 1 aliphatic rings. The van der Waals surface area contributed by atoms with Crippen molar-refractivity contribution in [3.63, 3.8) is 0 Å². The summed E-state index contributed by atoms with van der Waals surface area (Å²) in [6.45, 7) is 4.23. The van der Waals surface area contributed by atoms with Crippen LogP contribution in [0.3, 0.4) is 0 Å². The summed E-state index contributed by atoms with van der Waals surface area (Å²) in [7, 11) is 0. The Morgan fingerprint density at radius 1 is 1.91 bits per heavy atom. The summed E-state index contributed by atoms with van der Waals surface area (Å²) in [5, 5.41) is 8.36. The SMILES string of the molecule is C=CN1CCC(CC#N)C1=O. The Labute approximate surface area is 65.9 Å². The van der Waals surface area contributed by atoms with Gasteiger partial charge in [0.25, 0.3) is 0 Å². The van der Waals surface area contributed by atoms with Crippen LogP contribution >= 0.6 is 0 Å². The molecule has 11 heavy (non-hydrogen) atoms. The van der Waals surface area contributed by atoms with Gasteiger partial charge in [-0.25, -0.2) is 0 Å². The zero-order chi connectivity index (χ0) is 8.27. The molecule has 0 spiro atoms. The van der Waals surface area contributed by atoms with Gasteiger partial charge < -0.3 is 4.90 Å². The molecule has 1 saturated heterocycles. The third kappa shape index (κ3) is 1.40. The lowest BCUT2D eigenvalue weighted by Crippen LogP contribution is -2.21. The van der Waals surface area contributed by atoms with E-state index in [0.29, 0.717) is 13.0 Å². The summed E-state index contributed by atoms with van der Waals surface area (Å²) in [4.78, 5) is 12.8. The van der Waals surface area contributed by atoms with Crippen molar-refractivity contribution in [1.82, 2.24) is 4.90 Å². The lowest BCUT2D eigenvalue weighted by molar-refractivity contribution is -0.128. The van der Waals surface area contributed by atoms with Gasteiger partial charge in [0.2, 0.25) is 5.91 Å². The highest BCUT2D eigenvalue weighted by molar-refractivity contribution is 5.81. The molecule has 1 amide bonds. The van der Waals surface area contributed by atoms with Gasteiger partial charge in [-0.05, 0) is 12.6 Å². The van der Waals surface area contributed by atoms with E-state index >= 15 is 0 Å². The zero-order valence-electron chi connectivity index (χ0n) is 6.29. The molecule has 0 bridgehead atoms.